The Morgan fingerprint density at radius 2 is 2.05 bits per heavy atom. The number of benzene rings is 1. The van der Waals surface area contributed by atoms with Gasteiger partial charge in [-0.15, -0.1) is 0 Å². The van der Waals surface area contributed by atoms with Gasteiger partial charge >= 0.3 is 0 Å². The van der Waals surface area contributed by atoms with Crippen molar-refractivity contribution in [1.82, 2.24) is 5.32 Å². The Kier molecular flexibility index (Phi) is 7.22. The highest BCUT2D eigenvalue weighted by Crippen LogP contribution is 2.33. The van der Waals surface area contributed by atoms with Crippen molar-refractivity contribution in [3.63, 3.8) is 0 Å². The molecule has 2 rings (SSSR count). The van der Waals surface area contributed by atoms with E-state index >= 15 is 0 Å². The van der Waals surface area contributed by atoms with Gasteiger partial charge in [-0.3, -0.25) is 0 Å². The first kappa shape index (κ1) is 16.7. The molecule has 0 unspecified atom stereocenters. The third kappa shape index (κ3) is 4.93. The molecule has 1 aliphatic rings. The zero-order valence-corrected chi connectivity index (χ0v) is 15.7. The van der Waals surface area contributed by atoms with Gasteiger partial charge < -0.3 is 10.1 Å². The molecule has 2 nitrogen and oxygen atoms in total. The summed E-state index contributed by atoms with van der Waals surface area (Å²) < 4.78 is 7.85. The lowest BCUT2D eigenvalue weighted by Gasteiger charge is -2.22. The van der Waals surface area contributed by atoms with Crippen molar-refractivity contribution in [3.05, 3.63) is 26.6 Å². The van der Waals surface area contributed by atoms with Crippen molar-refractivity contribution in [2.24, 2.45) is 5.92 Å². The molecular formula is C15H21Br2NOS. The van der Waals surface area contributed by atoms with Crippen LogP contribution in [0, 0.1) is 5.92 Å². The third-order valence-corrected chi connectivity index (χ3v) is 5.56. The van der Waals surface area contributed by atoms with Crippen molar-refractivity contribution in [3.8, 4) is 5.75 Å². The Balaban J connectivity index is 1.93. The van der Waals surface area contributed by atoms with E-state index in [2.05, 4.69) is 55.0 Å². The molecule has 20 heavy (non-hydrogen) atoms. The highest BCUT2D eigenvalue weighted by Gasteiger charge is 2.14. The minimum atomic E-state index is 0.688. The van der Waals surface area contributed by atoms with Crippen LogP contribution in [0.1, 0.15) is 25.3 Å². The van der Waals surface area contributed by atoms with Crippen LogP contribution in [0.25, 0.3) is 0 Å². The van der Waals surface area contributed by atoms with E-state index in [1.54, 1.807) is 0 Å². The van der Waals surface area contributed by atoms with Crippen molar-refractivity contribution in [2.45, 2.75) is 26.3 Å². The molecule has 0 spiro atoms. The standard InChI is InChI=1S/C15H21Br2NOS/c1-2-19-15-12(7-13(16)8-14(15)17)10-18-9-11-3-5-20-6-4-11/h7-8,11,18H,2-6,9-10H2,1H3. The molecule has 0 aliphatic carbocycles. The maximum absolute atomic E-state index is 5.75. The Labute approximate surface area is 142 Å². The Morgan fingerprint density at radius 1 is 1.30 bits per heavy atom. The molecule has 1 aromatic rings. The van der Waals surface area contributed by atoms with Crippen LogP contribution in [-0.2, 0) is 6.54 Å². The molecule has 1 N–H and O–H groups in total. The van der Waals surface area contributed by atoms with Gasteiger partial charge in [-0.25, -0.2) is 0 Å². The molecule has 0 bridgehead atoms. The van der Waals surface area contributed by atoms with E-state index in [9.17, 15) is 0 Å². The number of ether oxygens (including phenoxy) is 1. The second-order valence-electron chi connectivity index (χ2n) is 5.00. The molecule has 1 saturated heterocycles. The van der Waals surface area contributed by atoms with Crippen LogP contribution in [0.15, 0.2) is 21.1 Å². The van der Waals surface area contributed by atoms with E-state index in [-0.39, 0.29) is 0 Å². The van der Waals surface area contributed by atoms with E-state index in [0.29, 0.717) is 6.61 Å². The lowest BCUT2D eigenvalue weighted by Crippen LogP contribution is -2.25. The summed E-state index contributed by atoms with van der Waals surface area (Å²) in [5, 5.41) is 3.59. The van der Waals surface area contributed by atoms with Gasteiger partial charge in [0.2, 0.25) is 0 Å². The van der Waals surface area contributed by atoms with Crippen molar-refractivity contribution in [1.29, 1.82) is 0 Å². The Bertz CT molecular complexity index is 436. The predicted octanol–water partition coefficient (Wildman–Crippen LogP) is 4.84. The van der Waals surface area contributed by atoms with E-state index in [1.807, 2.05) is 13.0 Å². The van der Waals surface area contributed by atoms with E-state index < -0.39 is 0 Å². The fraction of sp³-hybridized carbons (Fsp3) is 0.600. The molecule has 1 aromatic carbocycles. The third-order valence-electron chi connectivity index (χ3n) is 3.46. The van der Waals surface area contributed by atoms with Gasteiger partial charge in [0.05, 0.1) is 11.1 Å². The van der Waals surface area contributed by atoms with E-state index in [0.717, 1.165) is 33.7 Å². The zero-order chi connectivity index (χ0) is 14.4. The minimum absolute atomic E-state index is 0.688. The molecule has 0 radical (unpaired) electrons. The van der Waals surface area contributed by atoms with Crippen molar-refractivity contribution >= 4 is 43.6 Å². The van der Waals surface area contributed by atoms with Crippen molar-refractivity contribution < 1.29 is 4.74 Å². The van der Waals surface area contributed by atoms with Crippen LogP contribution in [0.5, 0.6) is 5.75 Å². The second kappa shape index (κ2) is 8.66. The fourth-order valence-electron chi connectivity index (χ4n) is 2.41. The summed E-state index contributed by atoms with van der Waals surface area (Å²) in [6.45, 7) is 4.67. The molecule has 0 aromatic heterocycles. The monoisotopic (exact) mass is 421 g/mol. The number of rotatable bonds is 6. The molecule has 1 aliphatic heterocycles. The molecule has 0 saturated carbocycles. The number of hydrogen-bond acceptors (Lipinski definition) is 3. The minimum Gasteiger partial charge on any atom is -0.492 e. The van der Waals surface area contributed by atoms with Gasteiger partial charge in [0, 0.05) is 16.6 Å². The van der Waals surface area contributed by atoms with Crippen LogP contribution >= 0.6 is 43.6 Å². The van der Waals surface area contributed by atoms with Gasteiger partial charge in [0.25, 0.3) is 0 Å². The molecule has 0 amide bonds. The Morgan fingerprint density at radius 3 is 2.75 bits per heavy atom. The first-order valence-electron chi connectivity index (χ1n) is 7.10. The predicted molar refractivity (Wildman–Crippen MR) is 94.8 cm³/mol. The molecule has 0 atom stereocenters. The lowest BCUT2D eigenvalue weighted by molar-refractivity contribution is 0.332. The van der Waals surface area contributed by atoms with Crippen LogP contribution in [-0.4, -0.2) is 24.7 Å². The first-order valence-corrected chi connectivity index (χ1v) is 9.84. The number of thioether (sulfide) groups is 1. The average Bonchev–Trinajstić information content (AvgIpc) is 2.43. The zero-order valence-electron chi connectivity index (χ0n) is 11.8. The first-order chi connectivity index (χ1) is 9.70. The second-order valence-corrected chi connectivity index (χ2v) is 7.99. The molecule has 1 heterocycles. The van der Waals surface area contributed by atoms with Crippen LogP contribution in [0.4, 0.5) is 0 Å². The van der Waals surface area contributed by atoms with Crippen molar-refractivity contribution in [2.75, 3.05) is 24.7 Å². The summed E-state index contributed by atoms with van der Waals surface area (Å²) >= 11 is 9.21. The van der Waals surface area contributed by atoms with Crippen LogP contribution < -0.4 is 10.1 Å². The number of halogens is 2. The largest absolute Gasteiger partial charge is 0.492 e. The van der Waals surface area contributed by atoms with E-state index in [4.69, 9.17) is 4.74 Å². The number of nitrogens with one attached hydrogen (secondary N) is 1. The van der Waals surface area contributed by atoms with Crippen LogP contribution in [0.3, 0.4) is 0 Å². The maximum Gasteiger partial charge on any atom is 0.138 e. The van der Waals surface area contributed by atoms with Crippen LogP contribution in [0.2, 0.25) is 0 Å². The quantitative estimate of drug-likeness (QED) is 0.708. The molecule has 112 valence electrons. The van der Waals surface area contributed by atoms with Gasteiger partial charge in [0.15, 0.2) is 0 Å². The fourth-order valence-corrected chi connectivity index (χ4v) is 5.04. The molecule has 5 heteroatoms. The van der Waals surface area contributed by atoms with E-state index in [1.165, 1.54) is 29.9 Å². The summed E-state index contributed by atoms with van der Waals surface area (Å²) in [7, 11) is 0. The number of hydrogen-bond donors (Lipinski definition) is 1. The van der Waals surface area contributed by atoms with Gasteiger partial charge in [0.1, 0.15) is 5.75 Å². The topological polar surface area (TPSA) is 21.3 Å². The highest BCUT2D eigenvalue weighted by molar-refractivity contribution is 9.11. The smallest absolute Gasteiger partial charge is 0.138 e. The summed E-state index contributed by atoms with van der Waals surface area (Å²) in [6, 6.07) is 4.17. The molecular weight excluding hydrogens is 402 g/mol. The highest BCUT2D eigenvalue weighted by atomic mass is 79.9. The Hall–Kier alpha value is 0.290. The summed E-state index contributed by atoms with van der Waals surface area (Å²) in [5.74, 6) is 4.43. The SMILES string of the molecule is CCOc1c(Br)cc(Br)cc1CNCC1CCSCC1. The average molecular weight is 423 g/mol. The van der Waals surface area contributed by atoms with Gasteiger partial charge in [-0.1, -0.05) is 15.9 Å². The summed E-state index contributed by atoms with van der Waals surface area (Å²) in [5.41, 5.74) is 1.21. The maximum atomic E-state index is 5.75. The summed E-state index contributed by atoms with van der Waals surface area (Å²) in [4.78, 5) is 0. The molecule has 1 fully saturated rings. The lowest BCUT2D eigenvalue weighted by atomic mass is 10.0. The van der Waals surface area contributed by atoms with Gasteiger partial charge in [-0.05, 0) is 71.8 Å². The summed E-state index contributed by atoms with van der Waals surface area (Å²) in [6.07, 6.45) is 2.69. The van der Waals surface area contributed by atoms with Gasteiger partial charge in [-0.2, -0.15) is 11.8 Å². The normalized spacial score (nSPS) is 16.4.